The topological polar surface area (TPSA) is 18.5 Å². The van der Waals surface area contributed by atoms with E-state index < -0.39 is 0 Å². The van der Waals surface area contributed by atoms with Crippen LogP contribution < -0.4 is 9.47 Å². The van der Waals surface area contributed by atoms with Gasteiger partial charge in [0.15, 0.2) is 11.5 Å². The number of hydrogen-bond donors (Lipinski definition) is 0. The molecule has 18 heavy (non-hydrogen) atoms. The average molecular weight is 260 g/mol. The van der Waals surface area contributed by atoms with E-state index in [1.54, 1.807) is 14.2 Å². The van der Waals surface area contributed by atoms with Crippen LogP contribution in [0.25, 0.3) is 11.1 Å². The van der Waals surface area contributed by atoms with E-state index in [4.69, 9.17) is 9.47 Å². The van der Waals surface area contributed by atoms with Gasteiger partial charge in [-0.1, -0.05) is 36.4 Å². The summed E-state index contributed by atoms with van der Waals surface area (Å²) in [7, 11) is 3.32. The maximum absolute atomic E-state index is 5.45. The molecule has 0 spiro atoms. The summed E-state index contributed by atoms with van der Waals surface area (Å²) in [5.41, 5.74) is 3.45. The maximum atomic E-state index is 5.45. The summed E-state index contributed by atoms with van der Waals surface area (Å²) in [6.07, 6.45) is 0. The second-order valence-corrected chi connectivity index (χ2v) is 3.86. The number of hydrogen-bond acceptors (Lipinski definition) is 2. The lowest BCUT2D eigenvalue weighted by atomic mass is 9.99. The van der Waals surface area contributed by atoms with Gasteiger partial charge in [0.2, 0.25) is 0 Å². The van der Waals surface area contributed by atoms with Crippen LogP contribution >= 0.6 is 0 Å². The van der Waals surface area contributed by atoms with Crippen molar-refractivity contribution in [3.05, 3.63) is 48.0 Å². The minimum Gasteiger partial charge on any atom is -0.493 e. The Hall–Kier alpha value is -1.74. The largest absolute Gasteiger partial charge is 0.493 e. The number of para-hydroxylation sites is 1. The number of methoxy groups -OCH3 is 2. The van der Waals surface area contributed by atoms with Gasteiger partial charge in [0, 0.05) is 5.56 Å². The summed E-state index contributed by atoms with van der Waals surface area (Å²) in [5.74, 6) is 1.54. The van der Waals surface area contributed by atoms with E-state index in [0.717, 1.165) is 17.1 Å². The van der Waals surface area contributed by atoms with Gasteiger partial charge in [-0.3, -0.25) is 0 Å². The number of rotatable bonds is 3. The lowest BCUT2D eigenvalue weighted by Gasteiger charge is -2.14. The molecule has 3 heteroatoms. The molecule has 0 unspecified atom stereocenters. The lowest BCUT2D eigenvalue weighted by Crippen LogP contribution is -1.94. The molecule has 0 N–H and O–H groups in total. The molecule has 96 valence electrons. The number of benzene rings is 2. The van der Waals surface area contributed by atoms with Crippen LogP contribution in [0.2, 0.25) is 0 Å². The molecule has 0 aliphatic heterocycles. The Morgan fingerprint density at radius 1 is 0.778 bits per heavy atom. The van der Waals surface area contributed by atoms with E-state index in [9.17, 15) is 0 Å². The molecule has 0 saturated heterocycles. The van der Waals surface area contributed by atoms with Gasteiger partial charge in [0.25, 0.3) is 0 Å². The summed E-state index contributed by atoms with van der Waals surface area (Å²) in [6.45, 7) is 2.09. The summed E-state index contributed by atoms with van der Waals surface area (Å²) < 4.78 is 10.8. The molecule has 0 heterocycles. The fraction of sp³-hybridized carbons (Fsp3) is 0.200. The highest BCUT2D eigenvalue weighted by Crippen LogP contribution is 2.38. The highest BCUT2D eigenvalue weighted by Gasteiger charge is 2.12. The smallest absolute Gasteiger partial charge is 0.168 e. The zero-order chi connectivity index (χ0) is 12.3. The predicted molar refractivity (Wildman–Crippen MR) is 81.1 cm³/mol. The van der Waals surface area contributed by atoms with E-state index >= 15 is 0 Å². The van der Waals surface area contributed by atoms with Gasteiger partial charge >= 0.3 is 0 Å². The van der Waals surface area contributed by atoms with Gasteiger partial charge < -0.3 is 9.47 Å². The van der Waals surface area contributed by atoms with Crippen LogP contribution in [-0.2, 0) is 0 Å². The Labute approximate surface area is 113 Å². The van der Waals surface area contributed by atoms with Crippen molar-refractivity contribution in [2.45, 2.75) is 6.92 Å². The van der Waals surface area contributed by atoms with E-state index in [0.29, 0.717) is 0 Å². The van der Waals surface area contributed by atoms with Crippen molar-refractivity contribution in [2.75, 3.05) is 14.2 Å². The SMILES string of the molecule is COc1cccc(-c2ccccc2C)c1OC.[SiH4]. The van der Waals surface area contributed by atoms with Gasteiger partial charge in [-0.05, 0) is 35.1 Å². The van der Waals surface area contributed by atoms with Crippen LogP contribution in [0.1, 0.15) is 5.56 Å². The fourth-order valence-corrected chi connectivity index (χ4v) is 1.97. The summed E-state index contributed by atoms with van der Waals surface area (Å²) in [5, 5.41) is 0. The summed E-state index contributed by atoms with van der Waals surface area (Å²) >= 11 is 0. The molecule has 0 aromatic heterocycles. The Balaban J connectivity index is 0.00000162. The molecule has 2 aromatic carbocycles. The van der Waals surface area contributed by atoms with E-state index in [1.165, 1.54) is 11.1 Å². The second-order valence-electron chi connectivity index (χ2n) is 3.86. The molecular formula is C15H20O2Si. The van der Waals surface area contributed by atoms with E-state index in [1.807, 2.05) is 30.3 Å². The van der Waals surface area contributed by atoms with Gasteiger partial charge in [-0.25, -0.2) is 0 Å². The van der Waals surface area contributed by atoms with Crippen LogP contribution in [0.4, 0.5) is 0 Å². The van der Waals surface area contributed by atoms with Crippen molar-refractivity contribution in [2.24, 2.45) is 0 Å². The van der Waals surface area contributed by atoms with Crippen molar-refractivity contribution in [1.82, 2.24) is 0 Å². The molecule has 2 rings (SSSR count). The van der Waals surface area contributed by atoms with E-state index in [2.05, 4.69) is 19.1 Å². The Bertz CT molecular complexity index is 524. The van der Waals surface area contributed by atoms with Gasteiger partial charge in [0.1, 0.15) is 0 Å². The molecule has 0 aliphatic rings. The average Bonchev–Trinajstić information content (AvgIpc) is 2.38. The third-order valence-corrected chi connectivity index (χ3v) is 2.84. The first-order valence-electron chi connectivity index (χ1n) is 5.55. The minimum absolute atomic E-state index is 0. The monoisotopic (exact) mass is 260 g/mol. The van der Waals surface area contributed by atoms with Crippen molar-refractivity contribution >= 4 is 11.0 Å². The molecular weight excluding hydrogens is 240 g/mol. The quantitative estimate of drug-likeness (QED) is 0.788. The molecule has 0 amide bonds. The Morgan fingerprint density at radius 2 is 1.44 bits per heavy atom. The van der Waals surface area contributed by atoms with Gasteiger partial charge in [0.05, 0.1) is 14.2 Å². The van der Waals surface area contributed by atoms with Crippen molar-refractivity contribution < 1.29 is 9.47 Å². The summed E-state index contributed by atoms with van der Waals surface area (Å²) in [6, 6.07) is 14.2. The molecule has 0 aliphatic carbocycles. The molecule has 0 radical (unpaired) electrons. The first kappa shape index (κ1) is 14.3. The van der Waals surface area contributed by atoms with Gasteiger partial charge in [-0.2, -0.15) is 0 Å². The highest BCUT2D eigenvalue weighted by atomic mass is 28.1. The fourth-order valence-electron chi connectivity index (χ4n) is 1.97. The number of ether oxygens (including phenoxy) is 2. The molecule has 0 bridgehead atoms. The zero-order valence-electron chi connectivity index (χ0n) is 10.4. The minimum atomic E-state index is 0. The lowest BCUT2D eigenvalue weighted by molar-refractivity contribution is 0.356. The first-order valence-corrected chi connectivity index (χ1v) is 5.55. The van der Waals surface area contributed by atoms with E-state index in [-0.39, 0.29) is 11.0 Å². The molecule has 2 aromatic rings. The Morgan fingerprint density at radius 3 is 2.06 bits per heavy atom. The maximum Gasteiger partial charge on any atom is 0.168 e. The van der Waals surface area contributed by atoms with Crippen molar-refractivity contribution in [1.29, 1.82) is 0 Å². The van der Waals surface area contributed by atoms with Crippen molar-refractivity contribution in [3.8, 4) is 22.6 Å². The molecule has 2 nitrogen and oxygen atoms in total. The standard InChI is InChI=1S/C15H16O2.H4Si/c1-11-7-4-5-8-12(11)13-9-6-10-14(16-2)15(13)17-3;/h4-10H,1-3H3;1H4. The number of aryl methyl sites for hydroxylation is 1. The zero-order valence-corrected chi connectivity index (χ0v) is 10.4. The first-order chi connectivity index (χ1) is 8.27. The Kier molecular flexibility index (Phi) is 4.98. The highest BCUT2D eigenvalue weighted by molar-refractivity contribution is 5.76. The molecule has 0 atom stereocenters. The third-order valence-electron chi connectivity index (χ3n) is 2.84. The van der Waals surface area contributed by atoms with Crippen LogP contribution in [0.3, 0.4) is 0 Å². The van der Waals surface area contributed by atoms with Crippen LogP contribution in [0, 0.1) is 6.92 Å². The van der Waals surface area contributed by atoms with Gasteiger partial charge in [-0.15, -0.1) is 0 Å². The van der Waals surface area contributed by atoms with Crippen molar-refractivity contribution in [3.63, 3.8) is 0 Å². The normalized spacial score (nSPS) is 9.50. The van der Waals surface area contributed by atoms with Crippen LogP contribution in [0.15, 0.2) is 42.5 Å². The predicted octanol–water partition coefficient (Wildman–Crippen LogP) is 2.23. The van der Waals surface area contributed by atoms with Crippen LogP contribution in [-0.4, -0.2) is 25.2 Å². The molecule has 0 fully saturated rings. The second kappa shape index (κ2) is 6.26. The van der Waals surface area contributed by atoms with Crippen LogP contribution in [0.5, 0.6) is 11.5 Å². The molecule has 0 saturated carbocycles. The third kappa shape index (κ3) is 2.56. The summed E-state index contributed by atoms with van der Waals surface area (Å²) in [4.78, 5) is 0.